The van der Waals surface area contributed by atoms with Gasteiger partial charge in [-0.3, -0.25) is 4.98 Å². The van der Waals surface area contributed by atoms with Gasteiger partial charge in [-0.25, -0.2) is 0 Å². The quantitative estimate of drug-likeness (QED) is 0.904. The van der Waals surface area contributed by atoms with E-state index in [1.807, 2.05) is 30.6 Å². The van der Waals surface area contributed by atoms with Crippen LogP contribution in [0.4, 0.5) is 0 Å². The van der Waals surface area contributed by atoms with Gasteiger partial charge >= 0.3 is 0 Å². The van der Waals surface area contributed by atoms with Gasteiger partial charge in [-0.15, -0.1) is 0 Å². The molecule has 0 bridgehead atoms. The minimum atomic E-state index is 0.758. The minimum Gasteiger partial charge on any atom is -0.313 e. The summed E-state index contributed by atoms with van der Waals surface area (Å²) < 4.78 is 0. The van der Waals surface area contributed by atoms with Crippen LogP contribution in [0.25, 0.3) is 11.1 Å². The van der Waals surface area contributed by atoms with Crippen molar-refractivity contribution in [3.8, 4) is 11.1 Å². The number of nitrogens with one attached hydrogen (secondary N) is 1. The first-order valence-electron chi connectivity index (χ1n) is 6.12. The first kappa shape index (κ1) is 13.1. The first-order chi connectivity index (χ1) is 8.72. The van der Waals surface area contributed by atoms with Crippen LogP contribution in [0.15, 0.2) is 36.7 Å². The summed E-state index contributed by atoms with van der Waals surface area (Å²) in [5.41, 5.74) is 4.77. The second kappa shape index (κ2) is 5.98. The van der Waals surface area contributed by atoms with E-state index in [4.69, 9.17) is 11.6 Å². The molecule has 1 aromatic carbocycles. The highest BCUT2D eigenvalue weighted by atomic mass is 35.5. The van der Waals surface area contributed by atoms with Crippen molar-refractivity contribution in [1.82, 2.24) is 10.3 Å². The molecule has 0 amide bonds. The van der Waals surface area contributed by atoms with Crippen molar-refractivity contribution in [2.24, 2.45) is 0 Å². The van der Waals surface area contributed by atoms with E-state index in [1.54, 1.807) is 0 Å². The monoisotopic (exact) mass is 260 g/mol. The summed E-state index contributed by atoms with van der Waals surface area (Å²) in [5.74, 6) is 0. The van der Waals surface area contributed by atoms with Crippen LogP contribution in [0.2, 0.25) is 5.02 Å². The number of rotatable bonds is 4. The van der Waals surface area contributed by atoms with Gasteiger partial charge in [0.2, 0.25) is 0 Å². The molecule has 94 valence electrons. The predicted molar refractivity (Wildman–Crippen MR) is 76.8 cm³/mol. The van der Waals surface area contributed by atoms with Gasteiger partial charge in [0, 0.05) is 29.5 Å². The Balaban J connectivity index is 2.48. The van der Waals surface area contributed by atoms with Crippen LogP contribution >= 0.6 is 11.6 Å². The molecule has 2 aromatic rings. The summed E-state index contributed by atoms with van der Waals surface area (Å²) in [6.07, 6.45) is 3.71. The Morgan fingerprint density at radius 3 is 2.78 bits per heavy atom. The second-order valence-corrected chi connectivity index (χ2v) is 4.71. The fraction of sp³-hybridized carbons (Fsp3) is 0.267. The lowest BCUT2D eigenvalue weighted by Crippen LogP contribution is -2.12. The zero-order valence-corrected chi connectivity index (χ0v) is 11.5. The highest BCUT2D eigenvalue weighted by molar-refractivity contribution is 6.30. The number of benzene rings is 1. The fourth-order valence-electron chi connectivity index (χ4n) is 1.96. The van der Waals surface area contributed by atoms with Crippen molar-refractivity contribution < 1.29 is 0 Å². The first-order valence-corrected chi connectivity index (χ1v) is 6.50. The number of hydrogen-bond donors (Lipinski definition) is 1. The molecule has 18 heavy (non-hydrogen) atoms. The van der Waals surface area contributed by atoms with Crippen LogP contribution in [0, 0.1) is 6.92 Å². The van der Waals surface area contributed by atoms with Gasteiger partial charge in [0.15, 0.2) is 0 Å². The van der Waals surface area contributed by atoms with Gasteiger partial charge in [-0.2, -0.15) is 0 Å². The third-order valence-corrected chi connectivity index (χ3v) is 3.20. The molecule has 0 unspecified atom stereocenters. The molecule has 0 spiro atoms. The van der Waals surface area contributed by atoms with Gasteiger partial charge in [-0.1, -0.05) is 24.6 Å². The third-order valence-electron chi connectivity index (χ3n) is 2.97. The van der Waals surface area contributed by atoms with Crippen LogP contribution in [0.1, 0.15) is 18.1 Å². The maximum absolute atomic E-state index is 6.11. The standard InChI is InChI=1S/C15H17ClN2/c1-3-17-9-12-4-5-13(16)8-14(12)15-10-18-7-6-11(15)2/h4-8,10,17H,3,9H2,1-2H3. The third kappa shape index (κ3) is 2.89. The molecular weight excluding hydrogens is 244 g/mol. The molecule has 3 heteroatoms. The van der Waals surface area contributed by atoms with Crippen molar-refractivity contribution in [1.29, 1.82) is 0 Å². The lowest BCUT2D eigenvalue weighted by Gasteiger charge is -2.12. The molecule has 0 aliphatic rings. The topological polar surface area (TPSA) is 24.9 Å². The molecular formula is C15H17ClN2. The summed E-state index contributed by atoms with van der Waals surface area (Å²) in [7, 11) is 0. The highest BCUT2D eigenvalue weighted by Crippen LogP contribution is 2.28. The van der Waals surface area contributed by atoms with E-state index < -0.39 is 0 Å². The van der Waals surface area contributed by atoms with Gasteiger partial charge in [0.25, 0.3) is 0 Å². The normalized spacial score (nSPS) is 10.6. The number of aromatic nitrogens is 1. The van der Waals surface area contributed by atoms with E-state index in [9.17, 15) is 0 Å². The van der Waals surface area contributed by atoms with E-state index in [2.05, 4.69) is 30.2 Å². The average molecular weight is 261 g/mol. The highest BCUT2D eigenvalue weighted by Gasteiger charge is 2.08. The summed E-state index contributed by atoms with van der Waals surface area (Å²) in [5, 5.41) is 4.11. The Morgan fingerprint density at radius 1 is 1.22 bits per heavy atom. The van der Waals surface area contributed by atoms with Crippen molar-refractivity contribution >= 4 is 11.6 Å². The van der Waals surface area contributed by atoms with E-state index in [1.165, 1.54) is 11.1 Å². The van der Waals surface area contributed by atoms with Crippen molar-refractivity contribution in [3.05, 3.63) is 52.8 Å². The Kier molecular flexibility index (Phi) is 4.34. The predicted octanol–water partition coefficient (Wildman–Crippen LogP) is 3.82. The number of aryl methyl sites for hydroxylation is 1. The van der Waals surface area contributed by atoms with Crippen LogP contribution < -0.4 is 5.32 Å². The second-order valence-electron chi connectivity index (χ2n) is 4.27. The Morgan fingerprint density at radius 2 is 2.06 bits per heavy atom. The molecule has 0 fully saturated rings. The summed E-state index contributed by atoms with van der Waals surface area (Å²) >= 11 is 6.11. The molecule has 1 heterocycles. The summed E-state index contributed by atoms with van der Waals surface area (Å²) in [4.78, 5) is 4.21. The largest absolute Gasteiger partial charge is 0.313 e. The van der Waals surface area contributed by atoms with E-state index in [0.717, 1.165) is 29.2 Å². The van der Waals surface area contributed by atoms with Crippen LogP contribution in [-0.2, 0) is 6.54 Å². The van der Waals surface area contributed by atoms with Crippen molar-refractivity contribution in [2.75, 3.05) is 6.54 Å². The van der Waals surface area contributed by atoms with Crippen LogP contribution in [-0.4, -0.2) is 11.5 Å². The summed E-state index contributed by atoms with van der Waals surface area (Å²) in [6.45, 7) is 5.99. The number of pyridine rings is 1. The SMILES string of the molecule is CCNCc1ccc(Cl)cc1-c1cnccc1C. The van der Waals surface area contributed by atoms with Gasteiger partial charge in [0.1, 0.15) is 0 Å². The summed E-state index contributed by atoms with van der Waals surface area (Å²) in [6, 6.07) is 8.04. The average Bonchev–Trinajstić information content (AvgIpc) is 2.38. The molecule has 2 nitrogen and oxygen atoms in total. The smallest absolute Gasteiger partial charge is 0.0412 e. The minimum absolute atomic E-state index is 0.758. The molecule has 0 radical (unpaired) electrons. The lowest BCUT2D eigenvalue weighted by atomic mass is 9.98. The van der Waals surface area contributed by atoms with E-state index >= 15 is 0 Å². The zero-order chi connectivity index (χ0) is 13.0. The van der Waals surface area contributed by atoms with Crippen LogP contribution in [0.3, 0.4) is 0 Å². The Hall–Kier alpha value is -1.38. The molecule has 1 N–H and O–H groups in total. The maximum atomic E-state index is 6.11. The van der Waals surface area contributed by atoms with E-state index in [-0.39, 0.29) is 0 Å². The van der Waals surface area contributed by atoms with E-state index in [0.29, 0.717) is 0 Å². The van der Waals surface area contributed by atoms with Gasteiger partial charge < -0.3 is 5.32 Å². The molecule has 1 aromatic heterocycles. The molecule has 0 saturated carbocycles. The Labute approximate surface area is 113 Å². The number of hydrogen-bond acceptors (Lipinski definition) is 2. The molecule has 0 saturated heterocycles. The van der Waals surface area contributed by atoms with Crippen molar-refractivity contribution in [2.45, 2.75) is 20.4 Å². The fourth-order valence-corrected chi connectivity index (χ4v) is 2.13. The van der Waals surface area contributed by atoms with Crippen LogP contribution in [0.5, 0.6) is 0 Å². The molecule has 0 atom stereocenters. The molecule has 2 rings (SSSR count). The number of nitrogens with zero attached hydrogens (tertiary/aromatic N) is 1. The van der Waals surface area contributed by atoms with Gasteiger partial charge in [0.05, 0.1) is 0 Å². The lowest BCUT2D eigenvalue weighted by molar-refractivity contribution is 0.728. The number of halogens is 1. The Bertz CT molecular complexity index is 538. The maximum Gasteiger partial charge on any atom is 0.0412 e. The van der Waals surface area contributed by atoms with Crippen molar-refractivity contribution in [3.63, 3.8) is 0 Å². The van der Waals surface area contributed by atoms with Gasteiger partial charge in [-0.05, 0) is 48.4 Å². The zero-order valence-electron chi connectivity index (χ0n) is 10.7. The molecule has 0 aliphatic heterocycles. The molecule has 0 aliphatic carbocycles.